The van der Waals surface area contributed by atoms with Crippen molar-refractivity contribution in [3.63, 3.8) is 0 Å². The highest BCUT2D eigenvalue weighted by molar-refractivity contribution is 7.19. The van der Waals surface area contributed by atoms with Crippen LogP contribution in [0.2, 0.25) is 5.02 Å². The molecule has 0 atom stereocenters. The van der Waals surface area contributed by atoms with Crippen LogP contribution in [-0.4, -0.2) is 20.2 Å². The lowest BCUT2D eigenvalue weighted by Gasteiger charge is -2.34. The second-order valence-corrected chi connectivity index (χ2v) is 10.4. The van der Waals surface area contributed by atoms with Gasteiger partial charge in [0.2, 0.25) is 0 Å². The summed E-state index contributed by atoms with van der Waals surface area (Å²) in [7, 11) is 1.63. The fourth-order valence-corrected chi connectivity index (χ4v) is 5.77. The van der Waals surface area contributed by atoms with Crippen LogP contribution in [0.25, 0.3) is 21.3 Å². The number of rotatable bonds is 5. The van der Waals surface area contributed by atoms with E-state index in [9.17, 15) is 9.59 Å². The average molecular weight is 482 g/mol. The van der Waals surface area contributed by atoms with Crippen LogP contribution in [0.5, 0.6) is 5.75 Å². The molecule has 0 unspecified atom stereocenters. The van der Waals surface area contributed by atoms with Crippen molar-refractivity contribution in [2.24, 2.45) is 13.0 Å². The van der Waals surface area contributed by atoms with E-state index in [1.54, 1.807) is 13.2 Å². The molecule has 0 saturated heterocycles. The Morgan fingerprint density at radius 1 is 1.18 bits per heavy atom. The normalized spacial score (nSPS) is 17.8. The number of aryl methyl sites for hydroxylation is 2. The van der Waals surface area contributed by atoms with Gasteiger partial charge in [0, 0.05) is 46.5 Å². The van der Waals surface area contributed by atoms with Gasteiger partial charge in [0.1, 0.15) is 5.75 Å². The van der Waals surface area contributed by atoms with Gasteiger partial charge < -0.3 is 9.30 Å². The lowest BCUT2D eigenvalue weighted by Crippen LogP contribution is -2.37. The number of fused-ring (bicyclic) bond motifs is 1. The van der Waals surface area contributed by atoms with Crippen molar-refractivity contribution in [3.8, 4) is 16.9 Å². The molecular formula is C25H24ClN3O3S. The van der Waals surface area contributed by atoms with Crippen molar-refractivity contribution in [2.75, 3.05) is 0 Å². The molecule has 33 heavy (non-hydrogen) atoms. The molecule has 1 aromatic carbocycles. The van der Waals surface area contributed by atoms with E-state index in [0.29, 0.717) is 10.9 Å². The van der Waals surface area contributed by atoms with Crippen LogP contribution in [0.4, 0.5) is 0 Å². The van der Waals surface area contributed by atoms with Gasteiger partial charge in [-0.05, 0) is 55.5 Å². The number of pyridine rings is 1. The van der Waals surface area contributed by atoms with Crippen LogP contribution < -0.4 is 16.0 Å². The fraction of sp³-hybridized carbons (Fsp3) is 0.320. The molecule has 0 bridgehead atoms. The Bertz CT molecular complexity index is 1480. The lowest BCUT2D eigenvalue weighted by molar-refractivity contribution is 0.0738. The van der Waals surface area contributed by atoms with Crippen LogP contribution in [0.3, 0.4) is 0 Å². The van der Waals surface area contributed by atoms with E-state index in [0.717, 1.165) is 50.4 Å². The van der Waals surface area contributed by atoms with Crippen molar-refractivity contribution >= 4 is 33.2 Å². The van der Waals surface area contributed by atoms with Gasteiger partial charge in [0.15, 0.2) is 0 Å². The summed E-state index contributed by atoms with van der Waals surface area (Å²) in [6, 6.07) is 9.18. The fourth-order valence-electron chi connectivity index (χ4n) is 4.37. The van der Waals surface area contributed by atoms with E-state index >= 15 is 0 Å². The van der Waals surface area contributed by atoms with Crippen LogP contribution in [-0.2, 0) is 13.6 Å². The number of aromatic nitrogens is 3. The Hall–Kier alpha value is -2.90. The molecule has 170 valence electrons. The van der Waals surface area contributed by atoms with Crippen molar-refractivity contribution in [1.82, 2.24) is 14.1 Å². The summed E-state index contributed by atoms with van der Waals surface area (Å²) in [4.78, 5) is 30.2. The van der Waals surface area contributed by atoms with Gasteiger partial charge in [-0.2, -0.15) is 0 Å². The molecule has 5 rings (SSSR count). The Morgan fingerprint density at radius 3 is 2.73 bits per heavy atom. The highest BCUT2D eigenvalue weighted by Crippen LogP contribution is 2.43. The minimum absolute atomic E-state index is 0.199. The standard InChI is InChI=1S/C25H24ClN3O3S/c1-14-8-17(9-14)32-23-15(2)10-16(26)11-20(23)19-4-6-27-21-12-18(33-24(19)21)13-29-22(30)5-7-28(3)25(29)31/h4-7,10-12,14,17H,8-9,13H2,1-3H3. The van der Waals surface area contributed by atoms with E-state index in [-0.39, 0.29) is 23.9 Å². The molecule has 1 aliphatic carbocycles. The number of hydrogen-bond acceptors (Lipinski definition) is 5. The summed E-state index contributed by atoms with van der Waals surface area (Å²) in [5.74, 6) is 1.54. The SMILES string of the molecule is Cc1cc(Cl)cc(-c2ccnc3cc(Cn4c(=O)ccn(C)c4=O)sc23)c1OC1CC(C)C1. The topological polar surface area (TPSA) is 66.1 Å². The molecule has 8 heteroatoms. The predicted molar refractivity (Wildman–Crippen MR) is 133 cm³/mol. The lowest BCUT2D eigenvalue weighted by atomic mass is 9.84. The summed E-state index contributed by atoms with van der Waals surface area (Å²) < 4.78 is 10.0. The van der Waals surface area contributed by atoms with Crippen LogP contribution >= 0.6 is 22.9 Å². The second-order valence-electron chi connectivity index (χ2n) is 8.83. The number of benzene rings is 1. The molecule has 0 radical (unpaired) electrons. The molecule has 3 aromatic heterocycles. The average Bonchev–Trinajstić information content (AvgIpc) is 3.17. The third kappa shape index (κ3) is 4.11. The Kier molecular flexibility index (Phi) is 5.62. The summed E-state index contributed by atoms with van der Waals surface area (Å²) in [6.07, 6.45) is 5.58. The first kappa shape index (κ1) is 21.9. The molecule has 4 aromatic rings. The summed E-state index contributed by atoms with van der Waals surface area (Å²) in [6.45, 7) is 4.45. The molecule has 0 aliphatic heterocycles. The predicted octanol–water partition coefficient (Wildman–Crippen LogP) is 5.01. The highest BCUT2D eigenvalue weighted by Gasteiger charge is 2.29. The zero-order valence-electron chi connectivity index (χ0n) is 18.7. The van der Waals surface area contributed by atoms with E-state index in [1.165, 1.54) is 32.7 Å². The van der Waals surface area contributed by atoms with Gasteiger partial charge >= 0.3 is 5.69 Å². The first-order valence-corrected chi connectivity index (χ1v) is 12.1. The molecule has 0 amide bonds. The monoisotopic (exact) mass is 481 g/mol. The minimum atomic E-state index is -0.344. The number of thiophene rings is 1. The van der Waals surface area contributed by atoms with Crippen LogP contribution in [0.15, 0.2) is 52.3 Å². The number of hydrogen-bond donors (Lipinski definition) is 0. The molecule has 0 spiro atoms. The minimum Gasteiger partial charge on any atom is -0.489 e. The summed E-state index contributed by atoms with van der Waals surface area (Å²) >= 11 is 7.98. The number of nitrogens with zero attached hydrogens (tertiary/aromatic N) is 3. The molecule has 1 aliphatic rings. The third-order valence-electron chi connectivity index (χ3n) is 6.16. The smallest absolute Gasteiger partial charge is 0.331 e. The van der Waals surface area contributed by atoms with E-state index in [1.807, 2.05) is 31.2 Å². The van der Waals surface area contributed by atoms with Crippen molar-refractivity contribution in [1.29, 1.82) is 0 Å². The molecular weight excluding hydrogens is 458 g/mol. The van der Waals surface area contributed by atoms with Gasteiger partial charge in [0.25, 0.3) is 5.56 Å². The maximum atomic E-state index is 12.5. The zero-order chi connectivity index (χ0) is 23.3. The maximum Gasteiger partial charge on any atom is 0.331 e. The first-order chi connectivity index (χ1) is 15.8. The summed E-state index contributed by atoms with van der Waals surface area (Å²) in [5, 5.41) is 0.651. The van der Waals surface area contributed by atoms with Crippen molar-refractivity contribution in [3.05, 3.63) is 79.0 Å². The Labute approximate surface area is 200 Å². The largest absolute Gasteiger partial charge is 0.489 e. The molecule has 6 nitrogen and oxygen atoms in total. The van der Waals surface area contributed by atoms with Crippen LogP contribution in [0, 0.1) is 12.8 Å². The third-order valence-corrected chi connectivity index (χ3v) is 7.52. The van der Waals surface area contributed by atoms with Crippen molar-refractivity contribution < 1.29 is 4.74 Å². The van der Waals surface area contributed by atoms with Crippen LogP contribution in [0.1, 0.15) is 30.2 Å². The van der Waals surface area contributed by atoms with Gasteiger partial charge in [-0.25, -0.2) is 4.79 Å². The molecule has 3 heterocycles. The van der Waals surface area contributed by atoms with Gasteiger partial charge in [-0.1, -0.05) is 18.5 Å². The van der Waals surface area contributed by atoms with E-state index < -0.39 is 0 Å². The maximum absolute atomic E-state index is 12.5. The van der Waals surface area contributed by atoms with E-state index in [4.69, 9.17) is 16.3 Å². The van der Waals surface area contributed by atoms with E-state index in [2.05, 4.69) is 11.9 Å². The molecule has 0 N–H and O–H groups in total. The molecule has 1 saturated carbocycles. The number of halogens is 1. The molecule has 1 fully saturated rings. The highest BCUT2D eigenvalue weighted by atomic mass is 35.5. The van der Waals surface area contributed by atoms with Gasteiger partial charge in [0.05, 0.1) is 22.9 Å². The van der Waals surface area contributed by atoms with Crippen molar-refractivity contribution in [2.45, 2.75) is 39.3 Å². The van der Waals surface area contributed by atoms with Gasteiger partial charge in [-0.15, -0.1) is 11.3 Å². The number of ether oxygens (including phenoxy) is 1. The quantitative estimate of drug-likeness (QED) is 0.402. The first-order valence-electron chi connectivity index (χ1n) is 10.9. The second kappa shape index (κ2) is 8.47. The summed E-state index contributed by atoms with van der Waals surface area (Å²) in [5.41, 5.74) is 3.07. The Morgan fingerprint density at radius 2 is 1.97 bits per heavy atom. The zero-order valence-corrected chi connectivity index (χ0v) is 20.2. The Balaban J connectivity index is 1.60. The van der Waals surface area contributed by atoms with Gasteiger partial charge in [-0.3, -0.25) is 14.3 Å².